The van der Waals surface area contributed by atoms with Crippen LogP contribution in [0.25, 0.3) is 0 Å². The summed E-state index contributed by atoms with van der Waals surface area (Å²) in [4.78, 5) is 134. The van der Waals surface area contributed by atoms with Crippen molar-refractivity contribution in [2.24, 2.45) is 0 Å². The molecule has 7 saturated heterocycles. The van der Waals surface area contributed by atoms with Crippen molar-refractivity contribution in [2.45, 2.75) is 274 Å². The first-order chi connectivity index (χ1) is 62.4. The van der Waals surface area contributed by atoms with E-state index >= 15 is 0 Å². The molecule has 742 valence electrons. The van der Waals surface area contributed by atoms with Gasteiger partial charge in [0.15, 0.2) is 68.3 Å². The first-order valence-corrected chi connectivity index (χ1v) is 42.3. The van der Waals surface area contributed by atoms with E-state index in [9.17, 15) is 47.9 Å². The van der Waals surface area contributed by atoms with Crippen LogP contribution in [-0.2, 0) is 204 Å². The van der Waals surface area contributed by atoms with Gasteiger partial charge in [0.2, 0.25) is 12.2 Å². The fourth-order valence-corrected chi connectivity index (χ4v) is 17.0. The third kappa shape index (κ3) is 26.4. The van der Waals surface area contributed by atoms with Gasteiger partial charge in [-0.05, 0) is 12.1 Å². The summed E-state index contributed by atoms with van der Waals surface area (Å²) in [5, 5.41) is 8.33. The molecule has 0 bridgehead atoms. The minimum absolute atomic E-state index is 0.0120. The molecule has 0 aromatic heterocycles. The molecule has 50 heteroatoms. The van der Waals surface area contributed by atoms with Gasteiger partial charge < -0.3 is 166 Å². The van der Waals surface area contributed by atoms with E-state index in [0.717, 1.165) is 53.4 Å². The number of carbonyl (C=O) groups excluding carboxylic acids is 10. The van der Waals surface area contributed by atoms with E-state index in [1.165, 1.54) is 111 Å². The highest BCUT2D eigenvalue weighted by Crippen LogP contribution is 2.44. The van der Waals surface area contributed by atoms with Gasteiger partial charge in [-0.2, -0.15) is 0 Å². The molecule has 131 heavy (non-hydrogen) atoms. The number of nitrogens with one attached hydrogen (secondary N) is 1. The Labute approximate surface area is 769 Å². The number of halogens is 3. The molecule has 9 rings (SSSR count). The zero-order chi connectivity index (χ0) is 96.3. The summed E-state index contributed by atoms with van der Waals surface area (Å²) in [5.74, 6) is -10.0. The molecule has 0 spiro atoms. The maximum Gasteiger partial charge on any atom is 0.303 e. The quantitative estimate of drug-likeness (QED) is 0.0232. The number of rotatable bonds is 42. The highest BCUT2D eigenvalue weighted by Gasteiger charge is 2.64. The first-order valence-electron chi connectivity index (χ1n) is 41.2. The van der Waals surface area contributed by atoms with Crippen molar-refractivity contribution >= 4 is 100 Å². The second-order valence-corrected chi connectivity index (χ2v) is 33.0. The van der Waals surface area contributed by atoms with Crippen LogP contribution >= 0.6 is 34.8 Å². The largest absolute Gasteiger partial charge is 0.463 e. The molecule has 47 nitrogen and oxygen atoms in total. The van der Waals surface area contributed by atoms with Gasteiger partial charge >= 0.3 is 47.8 Å². The fraction of sp³-hybridized carbons (Fsp3) is 0.790. The van der Waals surface area contributed by atoms with E-state index in [1.807, 2.05) is 0 Å². The lowest BCUT2D eigenvalue weighted by molar-refractivity contribution is -0.402. The van der Waals surface area contributed by atoms with Crippen molar-refractivity contribution < 1.29 is 214 Å². The Morgan fingerprint density at radius 2 is 0.511 bits per heavy atom. The molecule has 0 radical (unpaired) electrons. The van der Waals surface area contributed by atoms with E-state index in [1.54, 1.807) is 12.1 Å². The van der Waals surface area contributed by atoms with Crippen molar-refractivity contribution in [1.82, 2.24) is 4.90 Å². The molecule has 8 aliphatic heterocycles. The lowest BCUT2D eigenvalue weighted by Gasteiger charge is -2.52. The molecule has 7 fully saturated rings. The summed E-state index contributed by atoms with van der Waals surface area (Å²) < 4.78 is 216. The van der Waals surface area contributed by atoms with Crippen LogP contribution in [0.3, 0.4) is 0 Å². The minimum atomic E-state index is -2.33. The summed E-state index contributed by atoms with van der Waals surface area (Å²) in [6.07, 6.45) is -52.3. The lowest BCUT2D eigenvalue weighted by atomic mass is 9.94. The average Bonchev–Trinajstić information content (AvgIpc) is 1.73. The predicted molar refractivity (Wildman–Crippen MR) is 432 cm³/mol. The smallest absolute Gasteiger partial charge is 0.303 e. The van der Waals surface area contributed by atoms with Crippen LogP contribution in [0.5, 0.6) is 0 Å². The molecule has 35 atom stereocenters. The van der Waals surface area contributed by atoms with Gasteiger partial charge in [-0.15, -0.1) is 0 Å². The topological polar surface area (TPSA) is 521 Å². The number of imide groups is 1. The Balaban J connectivity index is 1.03. The Morgan fingerprint density at radius 3 is 0.779 bits per heavy atom. The summed E-state index contributed by atoms with van der Waals surface area (Å²) in [6, 6.07) is 5.97. The molecule has 1 N–H and O–H groups in total. The normalized spacial score (nSPS) is 36.7. The molecule has 1 aromatic carbocycles. The summed E-state index contributed by atoms with van der Waals surface area (Å²) in [6.45, 7) is 4.72. The van der Waals surface area contributed by atoms with Gasteiger partial charge in [0.1, 0.15) is 160 Å². The van der Waals surface area contributed by atoms with Gasteiger partial charge in [-0.1, -0.05) is 46.9 Å². The van der Waals surface area contributed by atoms with Gasteiger partial charge in [0.25, 0.3) is 15.6 Å². The van der Waals surface area contributed by atoms with E-state index in [2.05, 4.69) is 0 Å². The molecule has 8 aliphatic rings. The van der Waals surface area contributed by atoms with Crippen molar-refractivity contribution in [3.8, 4) is 0 Å². The molecule has 1 aromatic rings. The van der Waals surface area contributed by atoms with E-state index < -0.39 is 311 Å². The van der Waals surface area contributed by atoms with Crippen molar-refractivity contribution in [3.05, 3.63) is 35.4 Å². The number of benzene rings is 1. The second-order valence-electron chi connectivity index (χ2n) is 30.8. The zero-order valence-corrected chi connectivity index (χ0v) is 78.2. The number of esters is 8. The van der Waals surface area contributed by atoms with Crippen LogP contribution in [0.1, 0.15) is 76.1 Å². The Bertz CT molecular complexity index is 3910. The van der Waals surface area contributed by atoms with Crippen LogP contribution in [0.2, 0.25) is 0 Å². The highest BCUT2D eigenvalue weighted by molar-refractivity contribution is 6.76. The molecular weight excluding hydrogens is 1830 g/mol. The van der Waals surface area contributed by atoms with Gasteiger partial charge in [-0.3, -0.25) is 58.3 Å². The van der Waals surface area contributed by atoms with Gasteiger partial charge in [0, 0.05) is 148 Å². The van der Waals surface area contributed by atoms with Crippen LogP contribution in [-0.4, -0.2) is 428 Å². The second kappa shape index (κ2) is 50.0. The minimum Gasteiger partial charge on any atom is -0.463 e. The average molecular weight is 1950 g/mol. The lowest BCUT2D eigenvalue weighted by Crippen LogP contribution is -2.70. The maximum absolute atomic E-state index is 14.6. The standard InChI is InChI=1S/C81H117Cl3N2O45/c1-33(87)110-30-47-54(61(104-16)68(109-21)77(122-47)131-80(85)81(82,83)84)129-76-67(108-20)60(103-15)53(46(121-76)29-99-11)128-75-66(107-19)59(102-14)52(45(120-75)28-98-10)127-74-65(106-18)58(101-13)51(44(119-74)27-97-9)126-73-64(105-17)57(100-12)50(43(118-73)26-86-71(95)41-24-22-23-25-42(41)72(86)96)125-78-70(117-40(8)94)63(115-38(6)92)56(49(124-78)32-112-35(3)89)130-79-69(116-39(7)93)62(114-37(5)91)55(113-36(4)90)48(123-79)31-111-34(2)88/h22-25,43-70,73-79,85H,26-32H2,1-21H3/t43?,44?,45-,46-,47?,48-,49-,50+,51+,52+,53+,54+,55+,56+,57-,58-,59?,60?,61-,62?,63?,64?,65?,66?,67?,68?,69?,70?,73+,74-,75+,76-,77?,78-,79+/m0/s1. The molecule has 15 unspecified atom stereocenters. The number of methoxy groups -OCH3 is 13. The van der Waals surface area contributed by atoms with Gasteiger partial charge in [0.05, 0.1) is 37.5 Å². The van der Waals surface area contributed by atoms with Crippen LogP contribution in [0.4, 0.5) is 0 Å². The predicted octanol–water partition coefficient (Wildman–Crippen LogP) is 0.469. The molecule has 8 heterocycles. The van der Waals surface area contributed by atoms with Crippen LogP contribution in [0, 0.1) is 5.41 Å². The SMILES string of the molecule is COCC1O[C@@H](O[C@H]2C(OC)C(OC)[C@@H](O[C@H]3C(OC)C(OC)[C@H](O[C@@H]4C(COC(C)=O)OC(OC(=N)C(Cl)(Cl)Cl)C(OC)[C@H]4OC)O[C@H]3COC)O[C@H]2COC)C(OC)[C@@H](OC)[C@@H]1O[C@H]1OC(CN2C(=O)c3ccccc3C2=O)[C@@H](O[C@@H]2O[C@@H](COC(C)=O)[C@@H](O[C@H]3O[C@@H](COC(C)=O)[C@@H](OC(C)=O)C(OC(C)=O)C3OC(C)=O)C(OC(C)=O)C2OC(C)=O)[C@H](OC)C1OC. The van der Waals surface area contributed by atoms with Crippen LogP contribution < -0.4 is 0 Å². The van der Waals surface area contributed by atoms with Gasteiger partial charge in [-0.25, -0.2) is 0 Å². The third-order valence-electron chi connectivity index (χ3n) is 22.2. The highest BCUT2D eigenvalue weighted by atomic mass is 35.6. The molecular formula is C81H117Cl3N2O45. The van der Waals surface area contributed by atoms with Crippen molar-refractivity contribution in [1.29, 1.82) is 5.41 Å². The Kier molecular flexibility index (Phi) is 41.2. The number of hydrogen-bond donors (Lipinski definition) is 1. The number of amides is 2. The summed E-state index contributed by atoms with van der Waals surface area (Å²) >= 11 is 18.0. The van der Waals surface area contributed by atoms with E-state index in [-0.39, 0.29) is 30.9 Å². The third-order valence-corrected chi connectivity index (χ3v) is 22.7. The van der Waals surface area contributed by atoms with Crippen molar-refractivity contribution in [2.75, 3.05) is 139 Å². The number of nitrogens with zero attached hydrogens (tertiary/aromatic N) is 1. The Hall–Kier alpha value is -6.58. The number of alkyl halides is 3. The fourth-order valence-electron chi connectivity index (χ4n) is 16.8. The zero-order valence-electron chi connectivity index (χ0n) is 75.9. The summed E-state index contributed by atoms with van der Waals surface area (Å²) in [5.41, 5.74) is 0.0240. The van der Waals surface area contributed by atoms with E-state index in [4.69, 9.17) is 206 Å². The number of fused-ring (bicyclic) bond motifs is 1. The first kappa shape index (κ1) is 108. The molecule has 0 aliphatic carbocycles. The Morgan fingerprint density at radius 1 is 0.290 bits per heavy atom. The van der Waals surface area contributed by atoms with Crippen LogP contribution in [0.15, 0.2) is 24.3 Å². The summed E-state index contributed by atoms with van der Waals surface area (Å²) in [7, 11) is 17.6. The number of ether oxygens (including phenoxy) is 35. The number of carbonyl (C=O) groups is 10. The van der Waals surface area contributed by atoms with E-state index in [0.29, 0.717) is 0 Å². The number of hydrogen-bond acceptors (Lipinski definition) is 46. The molecule has 0 saturated carbocycles. The van der Waals surface area contributed by atoms with Crippen molar-refractivity contribution in [3.63, 3.8) is 0 Å². The maximum atomic E-state index is 14.6. The monoisotopic (exact) mass is 1940 g/mol. The molecule has 2 amide bonds.